The number of benzene rings is 1. The molecule has 170 valence electrons. The van der Waals surface area contributed by atoms with E-state index in [1.54, 1.807) is 26.2 Å². The lowest BCUT2D eigenvalue weighted by atomic mass is 10.2. The van der Waals surface area contributed by atoms with E-state index >= 15 is 0 Å². The maximum atomic E-state index is 11.8. The Morgan fingerprint density at radius 1 is 1.23 bits per heavy atom. The number of ether oxygens (including phenoxy) is 1. The molecule has 0 saturated heterocycles. The van der Waals surface area contributed by atoms with Gasteiger partial charge in [-0.3, -0.25) is 4.79 Å². The van der Waals surface area contributed by atoms with Crippen molar-refractivity contribution in [2.45, 2.75) is 30.7 Å². The molecule has 1 fully saturated rings. The molecule has 1 aromatic carbocycles. The fourth-order valence-corrected chi connectivity index (χ4v) is 2.88. The number of hydrogen-bond donors (Lipinski definition) is 3. The highest BCUT2D eigenvalue weighted by molar-refractivity contribution is 14.0. The average Bonchev–Trinajstić information content (AvgIpc) is 3.49. The minimum absolute atomic E-state index is 0. The maximum Gasteiger partial charge on any atom is 0.241 e. The number of carbonyl (C=O) groups excluding carboxylic acids is 1. The van der Waals surface area contributed by atoms with Crippen LogP contribution in [0.25, 0.3) is 0 Å². The van der Waals surface area contributed by atoms with Crippen molar-refractivity contribution in [3.05, 3.63) is 29.8 Å². The van der Waals surface area contributed by atoms with Gasteiger partial charge in [-0.05, 0) is 42.9 Å². The number of primary sulfonamides is 1. The van der Waals surface area contributed by atoms with Gasteiger partial charge in [-0.15, -0.1) is 24.0 Å². The van der Waals surface area contributed by atoms with Crippen molar-refractivity contribution < 1.29 is 17.9 Å². The third kappa shape index (κ3) is 10.5. The quantitative estimate of drug-likeness (QED) is 0.162. The van der Waals surface area contributed by atoms with Crippen molar-refractivity contribution in [3.63, 3.8) is 0 Å². The number of guanidine groups is 1. The van der Waals surface area contributed by atoms with Crippen LogP contribution in [0.2, 0.25) is 0 Å². The standard InChI is InChI=1S/C19H31N5O4S.HI/c1-24(2)18(25)13-23-19(21-10-3-11-28-14-16-4-5-16)22-12-15-6-8-17(9-7-15)29(20,26)27;/h6-9,16H,3-5,10-14H2,1-2H3,(H2,20,26,27)(H2,21,22,23);1H. The van der Waals surface area contributed by atoms with E-state index in [1.165, 1.54) is 29.9 Å². The Hall–Kier alpha value is -1.44. The summed E-state index contributed by atoms with van der Waals surface area (Å²) in [5.41, 5.74) is 0.824. The normalized spacial score (nSPS) is 14.0. The Morgan fingerprint density at radius 3 is 2.47 bits per heavy atom. The Balaban J connectivity index is 0.00000450. The highest BCUT2D eigenvalue weighted by atomic mass is 127. The van der Waals surface area contributed by atoms with E-state index in [9.17, 15) is 13.2 Å². The molecular formula is C19H32IN5O4S. The highest BCUT2D eigenvalue weighted by Crippen LogP contribution is 2.28. The molecular weight excluding hydrogens is 521 g/mol. The number of nitrogens with zero attached hydrogens (tertiary/aromatic N) is 2. The molecule has 0 aromatic heterocycles. The average molecular weight is 553 g/mol. The van der Waals surface area contributed by atoms with Crippen LogP contribution in [0.3, 0.4) is 0 Å². The molecule has 1 aliphatic carbocycles. The Bertz CT molecular complexity index is 796. The van der Waals surface area contributed by atoms with Crippen molar-refractivity contribution in [3.8, 4) is 0 Å². The van der Waals surface area contributed by atoms with Crippen molar-refractivity contribution in [1.82, 2.24) is 15.5 Å². The first-order chi connectivity index (χ1) is 13.8. The van der Waals surface area contributed by atoms with Gasteiger partial charge in [0.25, 0.3) is 0 Å². The van der Waals surface area contributed by atoms with Crippen LogP contribution < -0.4 is 15.8 Å². The van der Waals surface area contributed by atoms with Crippen LogP contribution in [-0.4, -0.2) is 65.6 Å². The highest BCUT2D eigenvalue weighted by Gasteiger charge is 2.20. The molecule has 2 rings (SSSR count). The number of aliphatic imine (C=N–C) groups is 1. The van der Waals surface area contributed by atoms with Crippen LogP contribution >= 0.6 is 24.0 Å². The number of rotatable bonds is 11. The van der Waals surface area contributed by atoms with Gasteiger partial charge < -0.3 is 20.3 Å². The van der Waals surface area contributed by atoms with E-state index in [0.29, 0.717) is 25.7 Å². The lowest BCUT2D eigenvalue weighted by Gasteiger charge is -2.15. The van der Waals surface area contributed by atoms with Gasteiger partial charge in [-0.1, -0.05) is 12.1 Å². The summed E-state index contributed by atoms with van der Waals surface area (Å²) in [5, 5.41) is 11.3. The predicted molar refractivity (Wildman–Crippen MR) is 127 cm³/mol. The number of hydrogen-bond acceptors (Lipinski definition) is 5. The number of likely N-dealkylation sites (N-methyl/N-ethyl adjacent to an activating group) is 1. The third-order valence-corrected chi connectivity index (χ3v) is 5.32. The number of amides is 1. The molecule has 30 heavy (non-hydrogen) atoms. The smallest absolute Gasteiger partial charge is 0.241 e. The number of nitrogens with one attached hydrogen (secondary N) is 2. The van der Waals surface area contributed by atoms with E-state index in [-0.39, 0.29) is 41.3 Å². The first-order valence-electron chi connectivity index (χ1n) is 9.67. The van der Waals surface area contributed by atoms with Crippen molar-refractivity contribution in [2.75, 3.05) is 40.4 Å². The van der Waals surface area contributed by atoms with E-state index in [4.69, 9.17) is 9.88 Å². The van der Waals surface area contributed by atoms with E-state index in [1.807, 2.05) is 0 Å². The topological polar surface area (TPSA) is 126 Å². The Kier molecular flexibility index (Phi) is 11.6. The molecule has 0 aliphatic heterocycles. The van der Waals surface area contributed by atoms with Gasteiger partial charge in [0.05, 0.1) is 18.0 Å². The summed E-state index contributed by atoms with van der Waals surface area (Å²) < 4.78 is 28.3. The van der Waals surface area contributed by atoms with Crippen molar-refractivity contribution in [1.29, 1.82) is 0 Å². The summed E-state index contributed by atoms with van der Waals surface area (Å²) in [6.45, 7) is 2.64. The van der Waals surface area contributed by atoms with Gasteiger partial charge in [-0.2, -0.15) is 0 Å². The summed E-state index contributed by atoms with van der Waals surface area (Å²) in [6, 6.07) is 6.23. The minimum Gasteiger partial charge on any atom is -0.381 e. The summed E-state index contributed by atoms with van der Waals surface area (Å²) in [4.78, 5) is 17.9. The number of nitrogens with two attached hydrogens (primary N) is 1. The van der Waals surface area contributed by atoms with Gasteiger partial charge in [0.2, 0.25) is 15.9 Å². The lowest BCUT2D eigenvalue weighted by Crippen LogP contribution is -2.43. The summed E-state index contributed by atoms with van der Waals surface area (Å²) >= 11 is 0. The predicted octanol–water partition coefficient (Wildman–Crippen LogP) is 0.892. The van der Waals surface area contributed by atoms with Crippen LogP contribution in [0.15, 0.2) is 34.2 Å². The molecule has 0 radical (unpaired) electrons. The van der Waals surface area contributed by atoms with Crippen LogP contribution in [0, 0.1) is 5.92 Å². The minimum atomic E-state index is -3.71. The molecule has 4 N–H and O–H groups in total. The Morgan fingerprint density at radius 2 is 1.90 bits per heavy atom. The second-order valence-corrected chi connectivity index (χ2v) is 8.86. The molecule has 11 heteroatoms. The van der Waals surface area contributed by atoms with E-state index in [0.717, 1.165) is 24.5 Å². The maximum absolute atomic E-state index is 11.8. The second-order valence-electron chi connectivity index (χ2n) is 7.29. The van der Waals surface area contributed by atoms with Gasteiger partial charge in [-0.25, -0.2) is 18.5 Å². The SMILES string of the molecule is CN(C)C(=O)CNC(=NCc1ccc(S(N)(=O)=O)cc1)NCCCOCC1CC1.I. The second kappa shape index (κ2) is 13.1. The molecule has 0 spiro atoms. The molecule has 1 saturated carbocycles. The van der Waals surface area contributed by atoms with Crippen molar-refractivity contribution in [2.24, 2.45) is 16.0 Å². The molecule has 0 unspecified atom stereocenters. The summed E-state index contributed by atoms with van der Waals surface area (Å²) in [6.07, 6.45) is 3.38. The van der Waals surface area contributed by atoms with E-state index in [2.05, 4.69) is 15.6 Å². The first-order valence-corrected chi connectivity index (χ1v) is 11.2. The van der Waals surface area contributed by atoms with Gasteiger partial charge >= 0.3 is 0 Å². The molecule has 1 aliphatic rings. The number of carbonyl (C=O) groups is 1. The molecule has 1 aromatic rings. The summed E-state index contributed by atoms with van der Waals surface area (Å²) in [7, 11) is -0.327. The van der Waals surface area contributed by atoms with Crippen LogP contribution in [-0.2, 0) is 26.1 Å². The number of sulfonamides is 1. The molecule has 0 bridgehead atoms. The molecule has 1 amide bonds. The van der Waals surface area contributed by atoms with Crippen LogP contribution in [0.1, 0.15) is 24.8 Å². The fraction of sp³-hybridized carbons (Fsp3) is 0.579. The fourth-order valence-electron chi connectivity index (χ4n) is 2.36. The van der Waals surface area contributed by atoms with E-state index < -0.39 is 10.0 Å². The van der Waals surface area contributed by atoms with Crippen LogP contribution in [0.4, 0.5) is 0 Å². The molecule has 9 nitrogen and oxygen atoms in total. The van der Waals surface area contributed by atoms with Gasteiger partial charge in [0.1, 0.15) is 0 Å². The number of halogens is 1. The summed E-state index contributed by atoms with van der Waals surface area (Å²) in [5.74, 6) is 1.20. The van der Waals surface area contributed by atoms with Crippen LogP contribution in [0.5, 0.6) is 0 Å². The third-order valence-electron chi connectivity index (χ3n) is 4.39. The largest absolute Gasteiger partial charge is 0.381 e. The first kappa shape index (κ1) is 26.6. The monoisotopic (exact) mass is 553 g/mol. The molecule has 0 atom stereocenters. The van der Waals surface area contributed by atoms with Gasteiger partial charge in [0.15, 0.2) is 5.96 Å². The van der Waals surface area contributed by atoms with Gasteiger partial charge in [0, 0.05) is 33.9 Å². The molecule has 0 heterocycles. The zero-order chi connectivity index (χ0) is 21.3. The van der Waals surface area contributed by atoms with Crippen molar-refractivity contribution >= 4 is 45.9 Å². The Labute approximate surface area is 195 Å². The lowest BCUT2D eigenvalue weighted by molar-refractivity contribution is -0.127. The zero-order valence-corrected chi connectivity index (χ0v) is 20.6. The zero-order valence-electron chi connectivity index (χ0n) is 17.5.